The lowest BCUT2D eigenvalue weighted by Crippen LogP contribution is -2.63. The van der Waals surface area contributed by atoms with E-state index in [1.807, 2.05) is 6.92 Å². The number of nitrogens with zero attached hydrogens (tertiary/aromatic N) is 3. The quantitative estimate of drug-likeness (QED) is 0.886. The molecule has 0 spiro atoms. The highest BCUT2D eigenvalue weighted by Crippen LogP contribution is 2.24. The Morgan fingerprint density at radius 3 is 2.62 bits per heavy atom. The third-order valence-electron chi connectivity index (χ3n) is 3.91. The molecule has 0 aromatic carbocycles. The molecule has 0 aliphatic carbocycles. The van der Waals surface area contributed by atoms with E-state index in [-0.39, 0.29) is 11.8 Å². The number of nitrogens with one attached hydrogen (secondary N) is 1. The van der Waals surface area contributed by atoms with Gasteiger partial charge in [-0.25, -0.2) is 4.98 Å². The molecule has 1 aromatic rings. The zero-order valence-corrected chi connectivity index (χ0v) is 13.2. The highest BCUT2D eigenvalue weighted by molar-refractivity contribution is 6.00. The highest BCUT2D eigenvalue weighted by Gasteiger charge is 2.43. The molecular weight excluding hydrogens is 268 g/mol. The van der Waals surface area contributed by atoms with E-state index in [1.54, 1.807) is 49.9 Å². The molecule has 1 aliphatic rings. The number of hydrogen-bond donors (Lipinski definition) is 1. The van der Waals surface area contributed by atoms with Crippen LogP contribution < -0.4 is 5.32 Å². The van der Waals surface area contributed by atoms with Crippen LogP contribution in [0.4, 0.5) is 5.82 Å². The van der Waals surface area contributed by atoms with Crippen molar-refractivity contribution in [2.75, 3.05) is 32.5 Å². The van der Waals surface area contributed by atoms with Crippen LogP contribution in [0.5, 0.6) is 0 Å². The Balaban J connectivity index is 2.35. The minimum atomic E-state index is -0.832. The summed E-state index contributed by atoms with van der Waals surface area (Å²) >= 11 is 0. The van der Waals surface area contributed by atoms with Gasteiger partial charge in [-0.3, -0.25) is 9.59 Å². The molecule has 1 fully saturated rings. The number of pyridine rings is 1. The number of aromatic nitrogens is 1. The normalized spacial score (nSPS) is 17.9. The first-order chi connectivity index (χ1) is 9.77. The molecule has 6 nitrogen and oxygen atoms in total. The molecule has 6 heteroatoms. The average Bonchev–Trinajstić information content (AvgIpc) is 2.43. The monoisotopic (exact) mass is 290 g/mol. The highest BCUT2D eigenvalue weighted by atomic mass is 16.2. The van der Waals surface area contributed by atoms with E-state index in [0.717, 1.165) is 5.69 Å². The second-order valence-corrected chi connectivity index (χ2v) is 5.87. The van der Waals surface area contributed by atoms with Gasteiger partial charge in [0, 0.05) is 38.4 Å². The smallest absolute Gasteiger partial charge is 0.254 e. The maximum absolute atomic E-state index is 12.8. The molecule has 1 aliphatic heterocycles. The Labute approximate surface area is 125 Å². The van der Waals surface area contributed by atoms with Gasteiger partial charge in [-0.05, 0) is 32.9 Å². The number of anilines is 1. The summed E-state index contributed by atoms with van der Waals surface area (Å²) in [5.41, 5.74) is 0.488. The van der Waals surface area contributed by atoms with Crippen LogP contribution in [-0.2, 0) is 4.79 Å². The summed E-state index contributed by atoms with van der Waals surface area (Å²) in [7, 11) is 3.53. The van der Waals surface area contributed by atoms with E-state index in [4.69, 9.17) is 0 Å². The van der Waals surface area contributed by atoms with Gasteiger partial charge in [-0.1, -0.05) is 0 Å². The van der Waals surface area contributed by atoms with Gasteiger partial charge in [0.05, 0.1) is 0 Å². The van der Waals surface area contributed by atoms with Crippen molar-refractivity contribution in [1.29, 1.82) is 0 Å². The molecule has 21 heavy (non-hydrogen) atoms. The summed E-state index contributed by atoms with van der Waals surface area (Å²) in [6.07, 6.45) is 0. The second kappa shape index (κ2) is 5.35. The van der Waals surface area contributed by atoms with Crippen molar-refractivity contribution in [1.82, 2.24) is 14.8 Å². The number of carbonyl (C=O) groups is 2. The van der Waals surface area contributed by atoms with Crippen LogP contribution in [0.15, 0.2) is 12.1 Å². The predicted octanol–water partition coefficient (Wildman–Crippen LogP) is 1.12. The first kappa shape index (κ1) is 15.3. The predicted molar refractivity (Wildman–Crippen MR) is 81.3 cm³/mol. The van der Waals surface area contributed by atoms with Crippen molar-refractivity contribution in [2.45, 2.75) is 26.3 Å². The Morgan fingerprint density at radius 1 is 1.33 bits per heavy atom. The molecule has 0 radical (unpaired) electrons. The number of carbonyl (C=O) groups excluding carboxylic acids is 2. The topological polar surface area (TPSA) is 65.5 Å². The van der Waals surface area contributed by atoms with Crippen LogP contribution in [0, 0.1) is 6.92 Å². The Bertz CT molecular complexity index is 583. The lowest BCUT2D eigenvalue weighted by molar-refractivity contribution is -0.144. The number of piperazine rings is 1. The fourth-order valence-electron chi connectivity index (χ4n) is 2.64. The van der Waals surface area contributed by atoms with E-state index in [1.165, 1.54) is 0 Å². The third kappa shape index (κ3) is 2.70. The molecule has 0 saturated carbocycles. The van der Waals surface area contributed by atoms with Gasteiger partial charge in [0.25, 0.3) is 5.91 Å². The summed E-state index contributed by atoms with van der Waals surface area (Å²) in [5.74, 6) is 0.474. The van der Waals surface area contributed by atoms with Crippen molar-refractivity contribution in [3.05, 3.63) is 23.4 Å². The summed E-state index contributed by atoms with van der Waals surface area (Å²) in [6.45, 7) is 6.50. The van der Waals surface area contributed by atoms with Gasteiger partial charge < -0.3 is 15.1 Å². The number of rotatable bonds is 2. The van der Waals surface area contributed by atoms with Crippen molar-refractivity contribution in [2.24, 2.45) is 0 Å². The Morgan fingerprint density at radius 2 is 2.00 bits per heavy atom. The first-order valence-corrected chi connectivity index (χ1v) is 7.01. The molecular formula is C15H22N4O2. The Hall–Kier alpha value is -2.11. The summed E-state index contributed by atoms with van der Waals surface area (Å²) in [4.78, 5) is 32.7. The van der Waals surface area contributed by atoms with E-state index in [0.29, 0.717) is 24.5 Å². The molecule has 1 N–H and O–H groups in total. The average molecular weight is 290 g/mol. The SMILES string of the molecule is CNc1cc(C(=O)N2CCN(C)C(=O)C2(C)C)cc(C)n1. The van der Waals surface area contributed by atoms with Crippen molar-refractivity contribution in [3.63, 3.8) is 0 Å². The van der Waals surface area contributed by atoms with Crippen molar-refractivity contribution < 1.29 is 9.59 Å². The van der Waals surface area contributed by atoms with E-state index >= 15 is 0 Å². The van der Waals surface area contributed by atoms with Crippen LogP contribution in [0.25, 0.3) is 0 Å². The molecule has 2 heterocycles. The maximum atomic E-state index is 12.8. The van der Waals surface area contributed by atoms with Gasteiger partial charge in [0.1, 0.15) is 11.4 Å². The maximum Gasteiger partial charge on any atom is 0.254 e. The first-order valence-electron chi connectivity index (χ1n) is 7.01. The van der Waals surface area contributed by atoms with E-state index in [2.05, 4.69) is 10.3 Å². The minimum Gasteiger partial charge on any atom is -0.373 e. The Kier molecular flexibility index (Phi) is 3.89. The number of likely N-dealkylation sites (N-methyl/N-ethyl adjacent to an activating group) is 1. The lowest BCUT2D eigenvalue weighted by Gasteiger charge is -2.44. The molecule has 114 valence electrons. The summed E-state index contributed by atoms with van der Waals surface area (Å²) < 4.78 is 0. The molecule has 0 unspecified atom stereocenters. The molecule has 2 rings (SSSR count). The lowest BCUT2D eigenvalue weighted by atomic mass is 9.96. The minimum absolute atomic E-state index is 0.0401. The molecule has 2 amide bonds. The van der Waals surface area contributed by atoms with E-state index < -0.39 is 5.54 Å². The van der Waals surface area contributed by atoms with Gasteiger partial charge in [-0.2, -0.15) is 0 Å². The van der Waals surface area contributed by atoms with Crippen molar-refractivity contribution in [3.8, 4) is 0 Å². The van der Waals surface area contributed by atoms with Crippen LogP contribution in [0.3, 0.4) is 0 Å². The number of amides is 2. The zero-order valence-electron chi connectivity index (χ0n) is 13.2. The van der Waals surface area contributed by atoms with Crippen LogP contribution in [0.2, 0.25) is 0 Å². The third-order valence-corrected chi connectivity index (χ3v) is 3.91. The zero-order chi connectivity index (χ0) is 15.8. The largest absolute Gasteiger partial charge is 0.373 e. The molecule has 0 atom stereocenters. The van der Waals surface area contributed by atoms with E-state index in [9.17, 15) is 9.59 Å². The molecule has 1 aromatic heterocycles. The standard InChI is InChI=1S/C15H22N4O2/c1-10-8-11(9-12(16-4)17-10)13(20)19-7-6-18(5)14(21)15(19,2)3/h8-9H,6-7H2,1-5H3,(H,16,17). The van der Waals surface area contributed by atoms with Crippen molar-refractivity contribution >= 4 is 17.6 Å². The van der Waals surface area contributed by atoms with Gasteiger partial charge in [0.15, 0.2) is 0 Å². The number of hydrogen-bond acceptors (Lipinski definition) is 4. The molecule has 1 saturated heterocycles. The van der Waals surface area contributed by atoms with Gasteiger partial charge >= 0.3 is 0 Å². The van der Waals surface area contributed by atoms with Gasteiger partial charge in [-0.15, -0.1) is 0 Å². The second-order valence-electron chi connectivity index (χ2n) is 5.87. The summed E-state index contributed by atoms with van der Waals surface area (Å²) in [6, 6.07) is 3.47. The van der Waals surface area contributed by atoms with Crippen LogP contribution in [-0.4, -0.2) is 59.3 Å². The summed E-state index contributed by atoms with van der Waals surface area (Å²) in [5, 5.41) is 2.95. The van der Waals surface area contributed by atoms with Crippen LogP contribution >= 0.6 is 0 Å². The fourth-order valence-corrected chi connectivity index (χ4v) is 2.64. The molecule has 0 bridgehead atoms. The number of aryl methyl sites for hydroxylation is 1. The fraction of sp³-hybridized carbons (Fsp3) is 0.533. The van der Waals surface area contributed by atoms with Gasteiger partial charge in [0.2, 0.25) is 5.91 Å². The van der Waals surface area contributed by atoms with Crippen LogP contribution in [0.1, 0.15) is 29.9 Å².